The van der Waals surface area contributed by atoms with Gasteiger partial charge in [-0.05, 0) is 6.42 Å². The van der Waals surface area contributed by atoms with Crippen molar-refractivity contribution in [2.75, 3.05) is 6.61 Å². The van der Waals surface area contributed by atoms with E-state index in [1.165, 1.54) is 12.4 Å². The maximum atomic E-state index is 11.0. The van der Waals surface area contributed by atoms with Crippen molar-refractivity contribution in [3.8, 4) is 5.88 Å². The van der Waals surface area contributed by atoms with Crippen LogP contribution in [0.2, 0.25) is 0 Å². The Morgan fingerprint density at radius 2 is 2.07 bits per heavy atom. The van der Waals surface area contributed by atoms with Crippen molar-refractivity contribution in [3.05, 3.63) is 12.4 Å². The van der Waals surface area contributed by atoms with Crippen molar-refractivity contribution < 1.29 is 13.2 Å². The molecule has 0 saturated heterocycles. The lowest BCUT2D eigenvalue weighted by Gasteiger charge is -2.05. The molecule has 14 heavy (non-hydrogen) atoms. The Labute approximate surface area is 82.2 Å². The van der Waals surface area contributed by atoms with Gasteiger partial charge in [-0.15, -0.1) is 0 Å². The molecular formula is C7H11N3O3S. The van der Waals surface area contributed by atoms with Gasteiger partial charge in [0.2, 0.25) is 5.03 Å². The summed E-state index contributed by atoms with van der Waals surface area (Å²) in [6.45, 7) is 2.27. The summed E-state index contributed by atoms with van der Waals surface area (Å²) in [4.78, 5) is 7.34. The molecule has 2 N–H and O–H groups in total. The van der Waals surface area contributed by atoms with Crippen molar-refractivity contribution in [2.24, 2.45) is 5.14 Å². The van der Waals surface area contributed by atoms with E-state index in [1.807, 2.05) is 6.92 Å². The number of aromatic nitrogens is 2. The molecule has 0 bridgehead atoms. The van der Waals surface area contributed by atoms with Crippen LogP contribution >= 0.6 is 0 Å². The van der Waals surface area contributed by atoms with E-state index in [-0.39, 0.29) is 10.9 Å². The van der Waals surface area contributed by atoms with Crippen LogP contribution in [0, 0.1) is 0 Å². The number of primary sulfonamides is 1. The zero-order valence-corrected chi connectivity index (χ0v) is 8.49. The molecule has 0 unspecified atom stereocenters. The van der Waals surface area contributed by atoms with E-state index >= 15 is 0 Å². The number of nitrogens with two attached hydrogens (primary N) is 1. The first-order valence-corrected chi connectivity index (χ1v) is 5.57. The van der Waals surface area contributed by atoms with Crippen LogP contribution in [0.1, 0.15) is 13.3 Å². The van der Waals surface area contributed by atoms with Crippen molar-refractivity contribution >= 4 is 10.0 Å². The van der Waals surface area contributed by atoms with Crippen LogP contribution in [-0.4, -0.2) is 25.0 Å². The maximum Gasteiger partial charge on any atom is 0.261 e. The van der Waals surface area contributed by atoms with E-state index in [2.05, 4.69) is 9.97 Å². The van der Waals surface area contributed by atoms with Gasteiger partial charge in [-0.1, -0.05) is 6.92 Å². The molecule has 0 fully saturated rings. The summed E-state index contributed by atoms with van der Waals surface area (Å²) in [5, 5.41) is 4.59. The summed E-state index contributed by atoms with van der Waals surface area (Å²) in [5.74, 6) is -0.0446. The number of hydrogen-bond donors (Lipinski definition) is 1. The fourth-order valence-electron chi connectivity index (χ4n) is 0.805. The van der Waals surface area contributed by atoms with Gasteiger partial charge in [0, 0.05) is 12.4 Å². The molecule has 6 nitrogen and oxygen atoms in total. The quantitative estimate of drug-likeness (QED) is 0.760. The number of sulfonamides is 1. The summed E-state index contributed by atoms with van der Waals surface area (Å²) in [6, 6.07) is 0. The number of ether oxygens (including phenoxy) is 1. The van der Waals surface area contributed by atoms with Gasteiger partial charge >= 0.3 is 0 Å². The SMILES string of the molecule is CCCOc1nccnc1S(N)(=O)=O. The lowest BCUT2D eigenvalue weighted by atomic mass is 10.5. The van der Waals surface area contributed by atoms with Crippen LogP contribution in [0.15, 0.2) is 17.4 Å². The van der Waals surface area contributed by atoms with E-state index in [0.29, 0.717) is 6.61 Å². The molecule has 0 aromatic carbocycles. The molecule has 0 aliphatic rings. The highest BCUT2D eigenvalue weighted by Crippen LogP contribution is 2.15. The topological polar surface area (TPSA) is 95.2 Å². The minimum atomic E-state index is -3.86. The van der Waals surface area contributed by atoms with E-state index in [0.717, 1.165) is 6.42 Å². The highest BCUT2D eigenvalue weighted by Gasteiger charge is 2.17. The fraction of sp³-hybridized carbons (Fsp3) is 0.429. The molecule has 0 atom stereocenters. The second-order valence-corrected chi connectivity index (χ2v) is 4.04. The molecule has 1 aromatic heterocycles. The van der Waals surface area contributed by atoms with Crippen molar-refractivity contribution in [1.82, 2.24) is 9.97 Å². The minimum absolute atomic E-state index is 0.0446. The Kier molecular flexibility index (Phi) is 3.37. The van der Waals surface area contributed by atoms with E-state index in [9.17, 15) is 8.42 Å². The van der Waals surface area contributed by atoms with E-state index in [1.54, 1.807) is 0 Å². The first kappa shape index (κ1) is 10.9. The molecule has 78 valence electrons. The summed E-state index contributed by atoms with van der Waals surface area (Å²) >= 11 is 0. The average molecular weight is 217 g/mol. The normalized spacial score (nSPS) is 11.3. The molecule has 0 radical (unpaired) electrons. The van der Waals surface area contributed by atoms with Gasteiger partial charge in [-0.25, -0.2) is 23.5 Å². The van der Waals surface area contributed by atoms with Crippen LogP contribution in [0.3, 0.4) is 0 Å². The Morgan fingerprint density at radius 1 is 1.43 bits per heavy atom. The molecular weight excluding hydrogens is 206 g/mol. The minimum Gasteiger partial charge on any atom is -0.476 e. The fourth-order valence-corrected chi connectivity index (χ4v) is 1.37. The smallest absolute Gasteiger partial charge is 0.261 e. The van der Waals surface area contributed by atoms with Crippen molar-refractivity contribution in [3.63, 3.8) is 0 Å². The molecule has 1 rings (SSSR count). The third-order valence-corrected chi connectivity index (χ3v) is 2.16. The third-order valence-electron chi connectivity index (χ3n) is 1.35. The maximum absolute atomic E-state index is 11.0. The van der Waals surface area contributed by atoms with Crippen LogP contribution in [0.5, 0.6) is 5.88 Å². The molecule has 1 heterocycles. The summed E-state index contributed by atoms with van der Waals surface area (Å²) in [7, 11) is -3.86. The molecule has 0 amide bonds. The van der Waals surface area contributed by atoms with Gasteiger partial charge in [0.15, 0.2) is 0 Å². The van der Waals surface area contributed by atoms with Gasteiger partial charge in [-0.3, -0.25) is 0 Å². The molecule has 0 aliphatic carbocycles. The lowest BCUT2D eigenvalue weighted by molar-refractivity contribution is 0.293. The largest absolute Gasteiger partial charge is 0.476 e. The molecule has 0 saturated carbocycles. The Hall–Kier alpha value is -1.21. The predicted molar refractivity (Wildman–Crippen MR) is 49.2 cm³/mol. The van der Waals surface area contributed by atoms with Crippen LogP contribution in [0.4, 0.5) is 0 Å². The highest BCUT2D eigenvalue weighted by molar-refractivity contribution is 7.89. The third kappa shape index (κ3) is 2.64. The zero-order valence-electron chi connectivity index (χ0n) is 7.67. The van der Waals surface area contributed by atoms with Crippen LogP contribution in [-0.2, 0) is 10.0 Å². The zero-order chi connectivity index (χ0) is 10.6. The first-order chi connectivity index (χ1) is 6.55. The highest BCUT2D eigenvalue weighted by atomic mass is 32.2. The second-order valence-electron chi connectivity index (χ2n) is 2.56. The lowest BCUT2D eigenvalue weighted by Crippen LogP contribution is -2.16. The van der Waals surface area contributed by atoms with Crippen LogP contribution in [0.25, 0.3) is 0 Å². The van der Waals surface area contributed by atoms with E-state index in [4.69, 9.17) is 9.88 Å². The number of hydrogen-bond acceptors (Lipinski definition) is 5. The number of rotatable bonds is 4. The van der Waals surface area contributed by atoms with Crippen molar-refractivity contribution in [2.45, 2.75) is 18.4 Å². The Balaban J connectivity index is 3.04. The predicted octanol–water partition coefficient (Wildman–Crippen LogP) is -0.0872. The van der Waals surface area contributed by atoms with Gasteiger partial charge < -0.3 is 4.74 Å². The molecule has 7 heteroatoms. The average Bonchev–Trinajstić information content (AvgIpc) is 2.14. The Morgan fingerprint density at radius 3 is 2.64 bits per heavy atom. The Bertz CT molecular complexity index is 404. The molecule has 0 spiro atoms. The summed E-state index contributed by atoms with van der Waals surface area (Å²) in [6.07, 6.45) is 3.35. The van der Waals surface area contributed by atoms with Crippen LogP contribution < -0.4 is 9.88 Å². The first-order valence-electron chi connectivity index (χ1n) is 4.02. The van der Waals surface area contributed by atoms with Crippen molar-refractivity contribution in [1.29, 1.82) is 0 Å². The van der Waals surface area contributed by atoms with Gasteiger partial charge in [0.05, 0.1) is 6.61 Å². The molecule has 1 aromatic rings. The summed E-state index contributed by atoms with van der Waals surface area (Å²) < 4.78 is 27.1. The second kappa shape index (κ2) is 4.34. The number of nitrogens with zero attached hydrogens (tertiary/aromatic N) is 2. The molecule has 0 aliphatic heterocycles. The van der Waals surface area contributed by atoms with E-state index < -0.39 is 10.0 Å². The van der Waals surface area contributed by atoms with Gasteiger partial charge in [0.25, 0.3) is 15.9 Å². The van der Waals surface area contributed by atoms with Gasteiger partial charge in [-0.2, -0.15) is 0 Å². The summed E-state index contributed by atoms with van der Waals surface area (Å²) in [5.41, 5.74) is 0. The standard InChI is InChI=1S/C7H11N3O3S/c1-2-5-13-6-7(14(8,11)12)10-4-3-9-6/h3-4H,2,5H2,1H3,(H2,8,11,12). The monoisotopic (exact) mass is 217 g/mol. The van der Waals surface area contributed by atoms with Gasteiger partial charge in [0.1, 0.15) is 0 Å².